The lowest BCUT2D eigenvalue weighted by Gasteiger charge is -2.56. The molecular weight excluding hydrogens is 172 g/mol. The second-order valence-corrected chi connectivity index (χ2v) is 6.29. The van der Waals surface area contributed by atoms with E-state index in [-0.39, 0.29) is 0 Å². The molecule has 1 N–H and O–H groups in total. The summed E-state index contributed by atoms with van der Waals surface area (Å²) in [5.74, 6) is 4.99. The van der Waals surface area contributed by atoms with Crippen LogP contribution >= 0.6 is 0 Å². The van der Waals surface area contributed by atoms with Crippen LogP contribution < -0.4 is 0 Å². The topological polar surface area (TPSA) is 20.2 Å². The molecular formula is C13H20O. The van der Waals surface area contributed by atoms with Crippen LogP contribution in [0, 0.1) is 35.0 Å². The highest BCUT2D eigenvalue weighted by Gasteiger charge is 2.66. The van der Waals surface area contributed by atoms with E-state index in [4.69, 9.17) is 0 Å². The van der Waals surface area contributed by atoms with E-state index in [1.165, 1.54) is 38.5 Å². The summed E-state index contributed by atoms with van der Waals surface area (Å²) in [4.78, 5) is 0. The highest BCUT2D eigenvalue weighted by molar-refractivity contribution is 5.15. The fourth-order valence-corrected chi connectivity index (χ4v) is 6.17. The van der Waals surface area contributed by atoms with Crippen LogP contribution in [-0.4, -0.2) is 11.7 Å². The molecule has 0 radical (unpaired) electrons. The molecule has 5 fully saturated rings. The van der Waals surface area contributed by atoms with Crippen molar-refractivity contribution >= 4 is 0 Å². The average Bonchev–Trinajstić information content (AvgIpc) is 2.70. The van der Waals surface area contributed by atoms with Gasteiger partial charge < -0.3 is 5.11 Å². The molecule has 14 heavy (non-hydrogen) atoms. The molecule has 0 heterocycles. The maximum absolute atomic E-state index is 9.81. The molecule has 0 amide bonds. The van der Waals surface area contributed by atoms with E-state index in [1.807, 2.05) is 0 Å². The Balaban J connectivity index is 1.87. The lowest BCUT2D eigenvalue weighted by Crippen LogP contribution is -2.52. The van der Waals surface area contributed by atoms with Gasteiger partial charge in [0.15, 0.2) is 0 Å². The van der Waals surface area contributed by atoms with Gasteiger partial charge in [0.2, 0.25) is 0 Å². The molecule has 0 saturated heterocycles. The molecule has 78 valence electrons. The Morgan fingerprint density at radius 3 is 2.07 bits per heavy atom. The van der Waals surface area contributed by atoms with Gasteiger partial charge in [0, 0.05) is 6.61 Å². The van der Waals surface area contributed by atoms with Crippen LogP contribution in [0.1, 0.15) is 38.5 Å². The van der Waals surface area contributed by atoms with Crippen LogP contribution in [0.3, 0.4) is 0 Å². The molecule has 0 aromatic heterocycles. The molecule has 5 rings (SSSR count). The van der Waals surface area contributed by atoms with Gasteiger partial charge in [-0.05, 0) is 73.5 Å². The van der Waals surface area contributed by atoms with E-state index in [1.54, 1.807) is 0 Å². The number of hydrogen-bond acceptors (Lipinski definition) is 1. The Bertz CT molecular complexity index is 252. The van der Waals surface area contributed by atoms with Crippen molar-refractivity contribution in [3.63, 3.8) is 0 Å². The van der Waals surface area contributed by atoms with E-state index >= 15 is 0 Å². The Morgan fingerprint density at radius 2 is 1.50 bits per heavy atom. The first-order valence-electron chi connectivity index (χ1n) is 6.48. The lowest BCUT2D eigenvalue weighted by molar-refractivity contribution is -0.106. The summed E-state index contributed by atoms with van der Waals surface area (Å²) < 4.78 is 0. The van der Waals surface area contributed by atoms with Gasteiger partial charge in [0.05, 0.1) is 0 Å². The summed E-state index contributed by atoms with van der Waals surface area (Å²) in [6.45, 7) is 0.502. The van der Waals surface area contributed by atoms with E-state index in [2.05, 4.69) is 0 Å². The Hall–Kier alpha value is -0.0400. The van der Waals surface area contributed by atoms with Crippen LogP contribution in [0.25, 0.3) is 0 Å². The van der Waals surface area contributed by atoms with Crippen LogP contribution in [0.15, 0.2) is 0 Å². The first-order valence-corrected chi connectivity index (χ1v) is 6.48. The summed E-state index contributed by atoms with van der Waals surface area (Å²) >= 11 is 0. The van der Waals surface area contributed by atoms with Crippen LogP contribution in [0.5, 0.6) is 0 Å². The van der Waals surface area contributed by atoms with Crippen molar-refractivity contribution in [2.45, 2.75) is 38.5 Å². The molecule has 5 aliphatic carbocycles. The summed E-state index contributed by atoms with van der Waals surface area (Å²) in [5.41, 5.74) is 0.417. The third-order valence-corrected chi connectivity index (χ3v) is 6.47. The monoisotopic (exact) mass is 192 g/mol. The summed E-state index contributed by atoms with van der Waals surface area (Å²) in [6, 6.07) is 0. The number of aliphatic hydroxyl groups excluding tert-OH is 1. The second kappa shape index (κ2) is 2.37. The standard InChI is InChI=1S/C13H20O/c14-7-13-6-5-8-9-1-2-10(8)12(13)4-3-11(9)13/h8-12,14H,1-7H2. The van der Waals surface area contributed by atoms with Crippen LogP contribution in [-0.2, 0) is 0 Å². The van der Waals surface area contributed by atoms with Crippen molar-refractivity contribution in [2.24, 2.45) is 35.0 Å². The molecule has 1 heteroatoms. The quantitative estimate of drug-likeness (QED) is 0.676. The van der Waals surface area contributed by atoms with E-state index in [0.29, 0.717) is 12.0 Å². The molecule has 5 saturated carbocycles. The van der Waals surface area contributed by atoms with Gasteiger partial charge in [-0.3, -0.25) is 0 Å². The predicted molar refractivity (Wildman–Crippen MR) is 54.7 cm³/mol. The van der Waals surface area contributed by atoms with E-state index in [9.17, 15) is 5.11 Å². The van der Waals surface area contributed by atoms with Crippen molar-refractivity contribution in [2.75, 3.05) is 6.61 Å². The number of hydrogen-bond donors (Lipinski definition) is 1. The zero-order chi connectivity index (χ0) is 9.34. The van der Waals surface area contributed by atoms with Crippen molar-refractivity contribution in [1.82, 2.24) is 0 Å². The van der Waals surface area contributed by atoms with Gasteiger partial charge in [-0.25, -0.2) is 0 Å². The largest absolute Gasteiger partial charge is 0.396 e. The summed E-state index contributed by atoms with van der Waals surface area (Å²) in [6.07, 6.45) is 8.70. The number of fused-ring (bicyclic) bond motifs is 1. The Labute approximate surface area is 85.9 Å². The van der Waals surface area contributed by atoms with Crippen molar-refractivity contribution in [3.05, 3.63) is 0 Å². The molecule has 5 aliphatic rings. The number of rotatable bonds is 1. The molecule has 1 nitrogen and oxygen atoms in total. The molecule has 0 spiro atoms. The molecule has 0 aliphatic heterocycles. The van der Waals surface area contributed by atoms with Gasteiger partial charge in [-0.1, -0.05) is 0 Å². The first kappa shape index (κ1) is 8.15. The van der Waals surface area contributed by atoms with Crippen LogP contribution in [0.2, 0.25) is 0 Å². The fourth-order valence-electron chi connectivity index (χ4n) is 6.17. The Kier molecular flexibility index (Phi) is 1.38. The molecule has 0 aromatic rings. The minimum atomic E-state index is 0.417. The highest BCUT2D eigenvalue weighted by Crippen LogP contribution is 2.72. The normalized spacial score (nSPS) is 63.6. The smallest absolute Gasteiger partial charge is 0.0492 e. The van der Waals surface area contributed by atoms with Gasteiger partial charge in [0.1, 0.15) is 0 Å². The third-order valence-electron chi connectivity index (χ3n) is 6.47. The fraction of sp³-hybridized carbons (Fsp3) is 1.00. The minimum absolute atomic E-state index is 0.417. The molecule has 4 unspecified atom stereocenters. The molecule has 4 atom stereocenters. The Morgan fingerprint density at radius 1 is 0.857 bits per heavy atom. The van der Waals surface area contributed by atoms with Crippen LogP contribution in [0.4, 0.5) is 0 Å². The maximum atomic E-state index is 9.81. The van der Waals surface area contributed by atoms with Gasteiger partial charge in [-0.15, -0.1) is 0 Å². The minimum Gasteiger partial charge on any atom is -0.396 e. The average molecular weight is 192 g/mol. The maximum Gasteiger partial charge on any atom is 0.0492 e. The predicted octanol–water partition coefficient (Wildman–Crippen LogP) is 2.44. The van der Waals surface area contributed by atoms with E-state index in [0.717, 1.165) is 29.6 Å². The van der Waals surface area contributed by atoms with E-state index < -0.39 is 0 Å². The number of aliphatic hydroxyl groups is 1. The summed E-state index contributed by atoms with van der Waals surface area (Å²) in [7, 11) is 0. The third kappa shape index (κ3) is 0.651. The SMILES string of the molecule is OCC12CCC3C4CCC3C1CCC42. The van der Waals surface area contributed by atoms with Gasteiger partial charge >= 0.3 is 0 Å². The van der Waals surface area contributed by atoms with Crippen molar-refractivity contribution in [3.8, 4) is 0 Å². The summed E-state index contributed by atoms with van der Waals surface area (Å²) in [5, 5.41) is 9.81. The second-order valence-electron chi connectivity index (χ2n) is 6.29. The van der Waals surface area contributed by atoms with Gasteiger partial charge in [-0.2, -0.15) is 0 Å². The molecule has 6 bridgehead atoms. The first-order chi connectivity index (χ1) is 6.87. The lowest BCUT2D eigenvalue weighted by atomic mass is 9.49. The zero-order valence-corrected chi connectivity index (χ0v) is 8.78. The van der Waals surface area contributed by atoms with Crippen molar-refractivity contribution < 1.29 is 5.11 Å². The van der Waals surface area contributed by atoms with Gasteiger partial charge in [0.25, 0.3) is 0 Å². The molecule has 0 aromatic carbocycles. The zero-order valence-electron chi connectivity index (χ0n) is 8.78. The van der Waals surface area contributed by atoms with Crippen molar-refractivity contribution in [1.29, 1.82) is 0 Å². The highest BCUT2D eigenvalue weighted by atomic mass is 16.3.